The third-order valence-corrected chi connectivity index (χ3v) is 4.61. The highest BCUT2D eigenvalue weighted by Crippen LogP contribution is 2.23. The van der Waals surface area contributed by atoms with Gasteiger partial charge in [-0.25, -0.2) is 4.98 Å². The Labute approximate surface area is 146 Å². The van der Waals surface area contributed by atoms with Crippen molar-refractivity contribution in [2.75, 3.05) is 5.32 Å². The number of hydrogen-bond acceptors (Lipinski definition) is 4. The first-order valence-corrected chi connectivity index (χ1v) is 8.80. The first kappa shape index (κ1) is 18.3. The van der Waals surface area contributed by atoms with Gasteiger partial charge < -0.3 is 10.3 Å². The van der Waals surface area contributed by atoms with Gasteiger partial charge in [0.25, 0.3) is 5.56 Å². The third kappa shape index (κ3) is 4.71. The summed E-state index contributed by atoms with van der Waals surface area (Å²) in [6, 6.07) is 7.39. The number of carbonyl (C=O) groups is 1. The molecule has 2 N–H and O–H groups in total. The Balaban J connectivity index is 2.10. The van der Waals surface area contributed by atoms with Crippen molar-refractivity contribution in [1.29, 1.82) is 0 Å². The van der Waals surface area contributed by atoms with Crippen molar-refractivity contribution in [3.8, 4) is 0 Å². The number of anilines is 1. The number of carbonyl (C=O) groups excluding carboxylic acids is 1. The summed E-state index contributed by atoms with van der Waals surface area (Å²) in [5.41, 5.74) is 3.51. The molecule has 5 nitrogen and oxygen atoms in total. The van der Waals surface area contributed by atoms with Crippen LogP contribution in [0.2, 0.25) is 0 Å². The molecule has 1 atom stereocenters. The molecule has 2 aromatic rings. The standard InChI is InChI=1S/C18H23N3O2S/c1-10(2)15-9-16(22)21-18(20-15)24-13(5)17(23)19-14-7-6-11(3)8-12(14)4/h6-10,13H,1-5H3,(H,19,23)(H,20,21,22). The minimum absolute atomic E-state index is 0.121. The van der Waals surface area contributed by atoms with Gasteiger partial charge in [-0.3, -0.25) is 9.59 Å². The highest BCUT2D eigenvalue weighted by Gasteiger charge is 2.17. The van der Waals surface area contributed by atoms with Gasteiger partial charge in [0.15, 0.2) is 5.16 Å². The highest BCUT2D eigenvalue weighted by molar-refractivity contribution is 8.00. The fourth-order valence-corrected chi connectivity index (χ4v) is 3.03. The van der Waals surface area contributed by atoms with E-state index in [1.807, 2.05) is 45.9 Å². The Hall–Kier alpha value is -2.08. The Kier molecular flexibility index (Phi) is 5.83. The Bertz CT molecular complexity index is 799. The van der Waals surface area contributed by atoms with Crippen molar-refractivity contribution in [3.63, 3.8) is 0 Å². The van der Waals surface area contributed by atoms with E-state index in [0.717, 1.165) is 22.5 Å². The van der Waals surface area contributed by atoms with Gasteiger partial charge >= 0.3 is 0 Å². The van der Waals surface area contributed by atoms with Crippen LogP contribution >= 0.6 is 11.8 Å². The van der Waals surface area contributed by atoms with Gasteiger partial charge in [0.05, 0.1) is 10.9 Å². The lowest BCUT2D eigenvalue weighted by molar-refractivity contribution is -0.115. The molecule has 1 amide bonds. The number of hydrogen-bond donors (Lipinski definition) is 2. The SMILES string of the molecule is Cc1ccc(NC(=O)C(C)Sc2nc(C(C)C)cc(=O)[nH]2)c(C)c1. The quantitative estimate of drug-likeness (QED) is 0.641. The topological polar surface area (TPSA) is 74.8 Å². The molecule has 1 unspecified atom stereocenters. The molecule has 0 saturated carbocycles. The molecule has 1 aromatic heterocycles. The van der Waals surface area contributed by atoms with E-state index in [9.17, 15) is 9.59 Å². The van der Waals surface area contributed by atoms with Crippen LogP contribution < -0.4 is 10.9 Å². The number of H-pyrrole nitrogens is 1. The van der Waals surface area contributed by atoms with Crippen LogP contribution in [-0.4, -0.2) is 21.1 Å². The van der Waals surface area contributed by atoms with Gasteiger partial charge in [-0.05, 0) is 38.3 Å². The van der Waals surface area contributed by atoms with Crippen molar-refractivity contribution < 1.29 is 4.79 Å². The van der Waals surface area contributed by atoms with Crippen LogP contribution in [0.1, 0.15) is 43.5 Å². The minimum Gasteiger partial charge on any atom is -0.325 e. The molecule has 1 heterocycles. The summed E-state index contributed by atoms with van der Waals surface area (Å²) in [4.78, 5) is 31.2. The van der Waals surface area contributed by atoms with Gasteiger partial charge in [0, 0.05) is 11.8 Å². The third-order valence-electron chi connectivity index (χ3n) is 3.63. The lowest BCUT2D eigenvalue weighted by atomic mass is 10.1. The van der Waals surface area contributed by atoms with Crippen LogP contribution in [-0.2, 0) is 4.79 Å². The average molecular weight is 345 g/mol. The van der Waals surface area contributed by atoms with Crippen molar-refractivity contribution in [2.24, 2.45) is 0 Å². The summed E-state index contributed by atoms with van der Waals surface area (Å²) in [7, 11) is 0. The van der Waals surface area contributed by atoms with Crippen LogP contribution in [0.5, 0.6) is 0 Å². The lowest BCUT2D eigenvalue weighted by Gasteiger charge is -2.14. The molecule has 0 aliphatic heterocycles. The molecule has 0 radical (unpaired) electrons. The Morgan fingerprint density at radius 2 is 1.92 bits per heavy atom. The summed E-state index contributed by atoms with van der Waals surface area (Å²) in [6.45, 7) is 9.73. The van der Waals surface area contributed by atoms with Gasteiger partial charge in [0.1, 0.15) is 0 Å². The Morgan fingerprint density at radius 1 is 1.21 bits per heavy atom. The molecule has 0 aliphatic carbocycles. The van der Waals surface area contributed by atoms with E-state index in [0.29, 0.717) is 5.16 Å². The number of aromatic nitrogens is 2. The molecular weight excluding hydrogens is 322 g/mol. The molecule has 0 aliphatic rings. The van der Waals surface area contributed by atoms with Crippen LogP contribution in [0, 0.1) is 13.8 Å². The van der Waals surface area contributed by atoms with Gasteiger partial charge in [-0.15, -0.1) is 0 Å². The maximum Gasteiger partial charge on any atom is 0.251 e. The number of amides is 1. The first-order chi connectivity index (χ1) is 11.3. The monoisotopic (exact) mass is 345 g/mol. The zero-order chi connectivity index (χ0) is 17.9. The number of thioether (sulfide) groups is 1. The average Bonchev–Trinajstić information content (AvgIpc) is 2.49. The summed E-state index contributed by atoms with van der Waals surface area (Å²) >= 11 is 1.25. The Morgan fingerprint density at radius 3 is 2.54 bits per heavy atom. The fourth-order valence-electron chi connectivity index (χ4n) is 2.21. The van der Waals surface area contributed by atoms with Gasteiger partial charge in [-0.1, -0.05) is 43.3 Å². The predicted molar refractivity (Wildman–Crippen MR) is 98.8 cm³/mol. The molecule has 24 heavy (non-hydrogen) atoms. The van der Waals surface area contributed by atoms with Crippen LogP contribution in [0.4, 0.5) is 5.69 Å². The zero-order valence-electron chi connectivity index (χ0n) is 14.6. The zero-order valence-corrected chi connectivity index (χ0v) is 15.5. The number of aryl methyl sites for hydroxylation is 2. The molecule has 6 heteroatoms. The van der Waals surface area contributed by atoms with E-state index >= 15 is 0 Å². The van der Waals surface area contributed by atoms with E-state index in [1.54, 1.807) is 6.92 Å². The number of rotatable bonds is 5. The van der Waals surface area contributed by atoms with Crippen LogP contribution in [0.3, 0.4) is 0 Å². The fraction of sp³-hybridized carbons (Fsp3) is 0.389. The van der Waals surface area contributed by atoms with E-state index in [4.69, 9.17) is 0 Å². The smallest absolute Gasteiger partial charge is 0.251 e. The molecule has 0 fully saturated rings. The highest BCUT2D eigenvalue weighted by atomic mass is 32.2. The number of aromatic amines is 1. The summed E-state index contributed by atoms with van der Waals surface area (Å²) in [5.74, 6) is 0.0375. The number of benzene rings is 1. The van der Waals surface area contributed by atoms with Gasteiger partial charge in [-0.2, -0.15) is 0 Å². The molecule has 0 bridgehead atoms. The molecule has 2 rings (SSSR count). The van der Waals surface area contributed by atoms with Crippen molar-refractivity contribution >= 4 is 23.4 Å². The van der Waals surface area contributed by atoms with E-state index < -0.39 is 0 Å². The van der Waals surface area contributed by atoms with Crippen molar-refractivity contribution in [2.45, 2.75) is 50.9 Å². The van der Waals surface area contributed by atoms with E-state index in [-0.39, 0.29) is 22.6 Å². The first-order valence-electron chi connectivity index (χ1n) is 7.92. The molecule has 1 aromatic carbocycles. The van der Waals surface area contributed by atoms with Gasteiger partial charge in [0.2, 0.25) is 5.91 Å². The summed E-state index contributed by atoms with van der Waals surface area (Å²) in [5, 5.41) is 3.02. The van der Waals surface area contributed by atoms with Crippen LogP contribution in [0.25, 0.3) is 0 Å². The summed E-state index contributed by atoms with van der Waals surface area (Å²) in [6.07, 6.45) is 0. The number of nitrogens with one attached hydrogen (secondary N) is 2. The molecule has 0 saturated heterocycles. The maximum absolute atomic E-state index is 12.4. The molecular formula is C18H23N3O2S. The second-order valence-corrected chi connectivity index (χ2v) is 7.53. The van der Waals surface area contributed by atoms with E-state index in [1.165, 1.54) is 17.8 Å². The lowest BCUT2D eigenvalue weighted by Crippen LogP contribution is -2.23. The summed E-state index contributed by atoms with van der Waals surface area (Å²) < 4.78 is 0. The predicted octanol–water partition coefficient (Wildman–Crippen LogP) is 3.63. The van der Waals surface area contributed by atoms with Crippen molar-refractivity contribution in [1.82, 2.24) is 9.97 Å². The van der Waals surface area contributed by atoms with Crippen LogP contribution in [0.15, 0.2) is 34.2 Å². The van der Waals surface area contributed by atoms with E-state index in [2.05, 4.69) is 15.3 Å². The second-order valence-electron chi connectivity index (χ2n) is 6.20. The number of nitrogens with zero attached hydrogens (tertiary/aromatic N) is 1. The largest absolute Gasteiger partial charge is 0.325 e. The minimum atomic E-state index is -0.378. The maximum atomic E-state index is 12.4. The molecule has 0 spiro atoms. The normalized spacial score (nSPS) is 12.2. The van der Waals surface area contributed by atoms with Crippen molar-refractivity contribution in [3.05, 3.63) is 51.4 Å². The second kappa shape index (κ2) is 7.66. The molecule has 128 valence electrons.